The minimum Gasteiger partial charge on any atom is -0.491 e. The first-order chi connectivity index (χ1) is 10.2. The fourth-order valence-corrected chi connectivity index (χ4v) is 2.37. The second-order valence-corrected chi connectivity index (χ2v) is 5.67. The molecule has 4 nitrogen and oxygen atoms in total. The van der Waals surface area contributed by atoms with E-state index in [-0.39, 0.29) is 0 Å². The van der Waals surface area contributed by atoms with Crippen LogP contribution in [0.3, 0.4) is 0 Å². The maximum Gasteiger partial charge on any atom is 0.125 e. The van der Waals surface area contributed by atoms with Crippen LogP contribution in [0.25, 0.3) is 0 Å². The normalized spacial score (nSPS) is 14.4. The Morgan fingerprint density at radius 2 is 1.71 bits per heavy atom. The first-order valence-corrected chi connectivity index (χ1v) is 7.73. The number of ether oxygens (including phenoxy) is 3. The van der Waals surface area contributed by atoms with Gasteiger partial charge in [0, 0.05) is 19.7 Å². The SMILES string of the molecule is COCCOCCOc1c(C)cc(CNC2CC2)cc1C. The Labute approximate surface area is 127 Å². The van der Waals surface area contributed by atoms with Crippen LogP contribution in [0.4, 0.5) is 0 Å². The number of nitrogens with one attached hydrogen (secondary N) is 1. The van der Waals surface area contributed by atoms with Crippen LogP contribution in [0, 0.1) is 13.8 Å². The predicted octanol–water partition coefficient (Wildman–Crippen LogP) is 2.60. The number of methoxy groups -OCH3 is 1. The molecule has 0 spiro atoms. The molecule has 1 aliphatic rings. The molecule has 4 heteroatoms. The molecule has 1 fully saturated rings. The van der Waals surface area contributed by atoms with E-state index in [0.29, 0.717) is 26.4 Å². The molecule has 1 aromatic rings. The van der Waals surface area contributed by atoms with E-state index in [1.807, 2.05) is 0 Å². The second-order valence-electron chi connectivity index (χ2n) is 5.67. The molecule has 1 N–H and O–H groups in total. The maximum absolute atomic E-state index is 5.85. The molecule has 21 heavy (non-hydrogen) atoms. The van der Waals surface area contributed by atoms with E-state index in [9.17, 15) is 0 Å². The van der Waals surface area contributed by atoms with Crippen LogP contribution in [-0.4, -0.2) is 39.6 Å². The van der Waals surface area contributed by atoms with Crippen molar-refractivity contribution >= 4 is 0 Å². The zero-order valence-corrected chi connectivity index (χ0v) is 13.4. The average Bonchev–Trinajstić information content (AvgIpc) is 3.27. The summed E-state index contributed by atoms with van der Waals surface area (Å²) in [7, 11) is 1.67. The zero-order valence-electron chi connectivity index (χ0n) is 13.4. The molecule has 118 valence electrons. The van der Waals surface area contributed by atoms with Gasteiger partial charge in [-0.2, -0.15) is 0 Å². The summed E-state index contributed by atoms with van der Waals surface area (Å²) in [6, 6.07) is 5.17. The monoisotopic (exact) mass is 293 g/mol. The summed E-state index contributed by atoms with van der Waals surface area (Å²) in [5, 5.41) is 3.55. The second kappa shape index (κ2) is 8.37. The molecule has 1 aromatic carbocycles. The van der Waals surface area contributed by atoms with Gasteiger partial charge in [-0.05, 0) is 43.4 Å². The summed E-state index contributed by atoms with van der Waals surface area (Å²) in [6.45, 7) is 7.57. The zero-order chi connectivity index (χ0) is 15.1. The molecular formula is C17H27NO3. The van der Waals surface area contributed by atoms with E-state index >= 15 is 0 Å². The first-order valence-electron chi connectivity index (χ1n) is 7.73. The average molecular weight is 293 g/mol. The van der Waals surface area contributed by atoms with Gasteiger partial charge in [-0.1, -0.05) is 12.1 Å². The fraction of sp³-hybridized carbons (Fsp3) is 0.647. The number of benzene rings is 1. The van der Waals surface area contributed by atoms with Crippen LogP contribution in [0.2, 0.25) is 0 Å². The van der Waals surface area contributed by atoms with Crippen molar-refractivity contribution in [3.05, 3.63) is 28.8 Å². The third-order valence-corrected chi connectivity index (χ3v) is 3.60. The Hall–Kier alpha value is -1.10. The van der Waals surface area contributed by atoms with E-state index in [1.165, 1.54) is 29.5 Å². The van der Waals surface area contributed by atoms with Gasteiger partial charge in [-0.3, -0.25) is 0 Å². The van der Waals surface area contributed by atoms with Crippen molar-refractivity contribution in [2.45, 2.75) is 39.3 Å². The van der Waals surface area contributed by atoms with Gasteiger partial charge < -0.3 is 19.5 Å². The molecule has 1 saturated carbocycles. The lowest BCUT2D eigenvalue weighted by molar-refractivity contribution is 0.0542. The molecule has 0 aliphatic heterocycles. The highest BCUT2D eigenvalue weighted by Gasteiger charge is 2.20. The van der Waals surface area contributed by atoms with E-state index in [0.717, 1.165) is 18.3 Å². The van der Waals surface area contributed by atoms with Gasteiger partial charge in [0.25, 0.3) is 0 Å². The summed E-state index contributed by atoms with van der Waals surface area (Å²) in [5.41, 5.74) is 3.72. The third-order valence-electron chi connectivity index (χ3n) is 3.60. The summed E-state index contributed by atoms with van der Waals surface area (Å²) >= 11 is 0. The molecule has 0 saturated heterocycles. The highest BCUT2D eigenvalue weighted by Crippen LogP contribution is 2.26. The number of hydrogen-bond donors (Lipinski definition) is 1. The lowest BCUT2D eigenvalue weighted by Gasteiger charge is -2.14. The number of rotatable bonds is 10. The quantitative estimate of drug-likeness (QED) is 0.673. The molecule has 2 rings (SSSR count). The van der Waals surface area contributed by atoms with Gasteiger partial charge in [0.1, 0.15) is 12.4 Å². The molecular weight excluding hydrogens is 266 g/mol. The first kappa shape index (κ1) is 16.3. The van der Waals surface area contributed by atoms with Gasteiger partial charge in [0.15, 0.2) is 0 Å². The van der Waals surface area contributed by atoms with Crippen LogP contribution in [0.15, 0.2) is 12.1 Å². The van der Waals surface area contributed by atoms with Crippen molar-refractivity contribution in [3.63, 3.8) is 0 Å². The third kappa shape index (κ3) is 5.65. The van der Waals surface area contributed by atoms with Crippen LogP contribution in [-0.2, 0) is 16.0 Å². The minimum absolute atomic E-state index is 0.574. The molecule has 0 atom stereocenters. The van der Waals surface area contributed by atoms with Crippen LogP contribution < -0.4 is 10.1 Å². The Morgan fingerprint density at radius 3 is 2.33 bits per heavy atom. The molecule has 0 bridgehead atoms. The van der Waals surface area contributed by atoms with Gasteiger partial charge >= 0.3 is 0 Å². The Bertz CT molecular complexity index is 421. The lowest BCUT2D eigenvalue weighted by Crippen LogP contribution is -2.16. The smallest absolute Gasteiger partial charge is 0.125 e. The molecule has 0 unspecified atom stereocenters. The molecule has 1 aliphatic carbocycles. The van der Waals surface area contributed by atoms with Crippen LogP contribution in [0.1, 0.15) is 29.5 Å². The number of aryl methyl sites for hydroxylation is 2. The standard InChI is InChI=1S/C17H27NO3/c1-13-10-15(12-18-16-4-5-16)11-14(2)17(13)21-9-8-20-7-6-19-3/h10-11,16,18H,4-9,12H2,1-3H3. The van der Waals surface area contributed by atoms with Crippen molar-refractivity contribution in [1.82, 2.24) is 5.32 Å². The van der Waals surface area contributed by atoms with Gasteiger partial charge in [-0.25, -0.2) is 0 Å². The molecule has 0 radical (unpaired) electrons. The van der Waals surface area contributed by atoms with Crippen LogP contribution >= 0.6 is 0 Å². The largest absolute Gasteiger partial charge is 0.491 e. The molecule has 0 heterocycles. The summed E-state index contributed by atoms with van der Waals surface area (Å²) in [6.07, 6.45) is 2.64. The van der Waals surface area contributed by atoms with Crippen molar-refractivity contribution in [1.29, 1.82) is 0 Å². The summed E-state index contributed by atoms with van der Waals surface area (Å²) in [5.74, 6) is 0.987. The Morgan fingerprint density at radius 1 is 1.05 bits per heavy atom. The highest BCUT2D eigenvalue weighted by atomic mass is 16.5. The van der Waals surface area contributed by atoms with E-state index < -0.39 is 0 Å². The Kier molecular flexibility index (Phi) is 6.49. The summed E-state index contributed by atoms with van der Waals surface area (Å²) < 4.78 is 16.2. The maximum atomic E-state index is 5.85. The van der Waals surface area contributed by atoms with Crippen molar-refractivity contribution in [3.8, 4) is 5.75 Å². The van der Waals surface area contributed by atoms with Crippen molar-refractivity contribution in [2.24, 2.45) is 0 Å². The fourth-order valence-electron chi connectivity index (χ4n) is 2.37. The van der Waals surface area contributed by atoms with E-state index in [4.69, 9.17) is 14.2 Å². The van der Waals surface area contributed by atoms with E-state index in [2.05, 4.69) is 31.3 Å². The van der Waals surface area contributed by atoms with Gasteiger partial charge in [0.2, 0.25) is 0 Å². The molecule has 0 amide bonds. The predicted molar refractivity (Wildman–Crippen MR) is 84.0 cm³/mol. The number of hydrogen-bond acceptors (Lipinski definition) is 4. The lowest BCUT2D eigenvalue weighted by atomic mass is 10.1. The molecule has 0 aromatic heterocycles. The topological polar surface area (TPSA) is 39.7 Å². The van der Waals surface area contributed by atoms with Gasteiger partial charge in [-0.15, -0.1) is 0 Å². The van der Waals surface area contributed by atoms with Gasteiger partial charge in [0.05, 0.1) is 19.8 Å². The summed E-state index contributed by atoms with van der Waals surface area (Å²) in [4.78, 5) is 0. The van der Waals surface area contributed by atoms with Crippen molar-refractivity contribution in [2.75, 3.05) is 33.5 Å². The minimum atomic E-state index is 0.574. The van der Waals surface area contributed by atoms with Crippen LogP contribution in [0.5, 0.6) is 5.75 Å². The Balaban J connectivity index is 1.78. The highest BCUT2D eigenvalue weighted by molar-refractivity contribution is 5.43. The van der Waals surface area contributed by atoms with E-state index in [1.54, 1.807) is 7.11 Å². The van der Waals surface area contributed by atoms with Crippen molar-refractivity contribution < 1.29 is 14.2 Å².